The summed E-state index contributed by atoms with van der Waals surface area (Å²) < 4.78 is 0. The maximum atomic E-state index is 4.52. The molecule has 2 aromatic heterocycles. The molecule has 0 radical (unpaired) electrons. The van der Waals surface area contributed by atoms with Crippen LogP contribution in [-0.2, 0) is 0 Å². The van der Waals surface area contributed by atoms with Gasteiger partial charge in [-0.1, -0.05) is 0 Å². The van der Waals surface area contributed by atoms with Crippen molar-refractivity contribution in [2.75, 3.05) is 64.0 Å². The highest BCUT2D eigenvalue weighted by molar-refractivity contribution is 5.63. The maximum absolute atomic E-state index is 4.52. The lowest BCUT2D eigenvalue weighted by atomic mass is 10.2. The summed E-state index contributed by atoms with van der Waals surface area (Å²) in [6.07, 6.45) is 3.55. The van der Waals surface area contributed by atoms with Gasteiger partial charge in [-0.3, -0.25) is 9.88 Å². The van der Waals surface area contributed by atoms with E-state index in [0.717, 1.165) is 56.3 Å². The molecule has 3 rings (SSSR count). The summed E-state index contributed by atoms with van der Waals surface area (Å²) in [6, 6.07) is 5.89. The third kappa shape index (κ3) is 4.39. The highest BCUT2D eigenvalue weighted by Gasteiger charge is 2.13. The SMILES string of the molecule is CNc1nc(NCCN2CCN(C)CC2)cc(-c2ccncc2)n1. The van der Waals surface area contributed by atoms with Crippen molar-refractivity contribution < 1.29 is 0 Å². The quantitative estimate of drug-likeness (QED) is 0.827. The average Bonchev–Trinajstić information content (AvgIpc) is 2.64. The Balaban J connectivity index is 1.62. The third-order valence-corrected chi connectivity index (χ3v) is 4.26. The minimum Gasteiger partial charge on any atom is -0.369 e. The van der Waals surface area contributed by atoms with Crippen LogP contribution >= 0.6 is 0 Å². The average molecular weight is 327 g/mol. The first kappa shape index (κ1) is 16.6. The molecule has 1 aliphatic rings. The van der Waals surface area contributed by atoms with E-state index in [1.54, 1.807) is 12.4 Å². The van der Waals surface area contributed by atoms with Gasteiger partial charge >= 0.3 is 0 Å². The van der Waals surface area contributed by atoms with E-state index in [4.69, 9.17) is 0 Å². The minimum atomic E-state index is 0.617. The van der Waals surface area contributed by atoms with Crippen LogP contribution < -0.4 is 10.6 Å². The Hall–Kier alpha value is -2.25. The summed E-state index contributed by atoms with van der Waals surface area (Å²) in [7, 11) is 4.01. The second-order valence-electron chi connectivity index (χ2n) is 6.02. The zero-order valence-electron chi connectivity index (χ0n) is 14.4. The number of likely N-dealkylation sites (N-methyl/N-ethyl adjacent to an activating group) is 1. The molecule has 0 bridgehead atoms. The summed E-state index contributed by atoms with van der Waals surface area (Å²) in [6.45, 7) is 6.45. The number of piperazine rings is 1. The van der Waals surface area contributed by atoms with Crippen molar-refractivity contribution >= 4 is 11.8 Å². The monoisotopic (exact) mass is 327 g/mol. The van der Waals surface area contributed by atoms with Crippen LogP contribution in [0.2, 0.25) is 0 Å². The first-order chi connectivity index (χ1) is 11.7. The van der Waals surface area contributed by atoms with E-state index in [-0.39, 0.29) is 0 Å². The van der Waals surface area contributed by atoms with Gasteiger partial charge < -0.3 is 15.5 Å². The predicted molar refractivity (Wildman–Crippen MR) is 97.2 cm³/mol. The lowest BCUT2D eigenvalue weighted by molar-refractivity contribution is 0.158. The Kier molecular flexibility index (Phi) is 5.55. The lowest BCUT2D eigenvalue weighted by Gasteiger charge is -2.32. The number of aromatic nitrogens is 3. The summed E-state index contributed by atoms with van der Waals surface area (Å²) >= 11 is 0. The molecular formula is C17H25N7. The molecule has 0 amide bonds. The zero-order valence-corrected chi connectivity index (χ0v) is 14.4. The predicted octanol–water partition coefficient (Wildman–Crippen LogP) is 1.24. The molecule has 0 aliphatic carbocycles. The van der Waals surface area contributed by atoms with E-state index in [1.807, 2.05) is 25.2 Å². The fraction of sp³-hybridized carbons (Fsp3) is 0.471. The minimum absolute atomic E-state index is 0.617. The molecule has 24 heavy (non-hydrogen) atoms. The van der Waals surface area contributed by atoms with Gasteiger partial charge in [-0.2, -0.15) is 4.98 Å². The van der Waals surface area contributed by atoms with Gasteiger partial charge in [-0.25, -0.2) is 4.98 Å². The van der Waals surface area contributed by atoms with Crippen molar-refractivity contribution in [3.05, 3.63) is 30.6 Å². The Morgan fingerprint density at radius 3 is 2.54 bits per heavy atom. The van der Waals surface area contributed by atoms with Gasteiger partial charge in [0.2, 0.25) is 5.95 Å². The molecule has 0 unspecified atom stereocenters. The Labute approximate surface area is 143 Å². The van der Waals surface area contributed by atoms with Crippen molar-refractivity contribution in [2.24, 2.45) is 0 Å². The van der Waals surface area contributed by atoms with E-state index < -0.39 is 0 Å². The Bertz CT molecular complexity index is 639. The smallest absolute Gasteiger partial charge is 0.224 e. The van der Waals surface area contributed by atoms with E-state index in [9.17, 15) is 0 Å². The Morgan fingerprint density at radius 2 is 1.83 bits per heavy atom. The normalized spacial score (nSPS) is 16.1. The molecule has 7 heteroatoms. The van der Waals surface area contributed by atoms with Crippen molar-refractivity contribution in [3.8, 4) is 11.3 Å². The standard InChI is InChI=1S/C17H25N7/c1-18-17-21-15(14-3-5-19-6-4-14)13-16(22-17)20-7-8-24-11-9-23(2)10-12-24/h3-6,13H,7-12H2,1-2H3,(H2,18,20,21,22). The van der Waals surface area contributed by atoms with Crippen LogP contribution in [0.1, 0.15) is 0 Å². The van der Waals surface area contributed by atoms with Crippen LogP contribution in [0.3, 0.4) is 0 Å². The highest BCUT2D eigenvalue weighted by atomic mass is 15.3. The topological polar surface area (TPSA) is 69.2 Å². The molecule has 1 saturated heterocycles. The van der Waals surface area contributed by atoms with Gasteiger partial charge in [-0.05, 0) is 19.2 Å². The van der Waals surface area contributed by atoms with Gasteiger partial charge in [0.05, 0.1) is 5.69 Å². The van der Waals surface area contributed by atoms with E-state index >= 15 is 0 Å². The molecule has 0 atom stereocenters. The second kappa shape index (κ2) is 8.03. The lowest BCUT2D eigenvalue weighted by Crippen LogP contribution is -2.45. The number of anilines is 2. The molecule has 7 nitrogen and oxygen atoms in total. The van der Waals surface area contributed by atoms with E-state index in [2.05, 4.69) is 42.4 Å². The summed E-state index contributed by atoms with van der Waals surface area (Å²) in [5, 5.41) is 6.45. The maximum Gasteiger partial charge on any atom is 0.224 e. The van der Waals surface area contributed by atoms with Crippen LogP contribution in [0.15, 0.2) is 30.6 Å². The summed E-state index contributed by atoms with van der Waals surface area (Å²) in [5.41, 5.74) is 1.92. The van der Waals surface area contributed by atoms with Crippen molar-refractivity contribution in [1.29, 1.82) is 0 Å². The first-order valence-corrected chi connectivity index (χ1v) is 8.36. The third-order valence-electron chi connectivity index (χ3n) is 4.26. The molecule has 2 aromatic rings. The zero-order chi connectivity index (χ0) is 16.8. The number of hydrogen-bond donors (Lipinski definition) is 2. The fourth-order valence-corrected chi connectivity index (χ4v) is 2.73. The second-order valence-corrected chi connectivity index (χ2v) is 6.02. The number of pyridine rings is 1. The van der Waals surface area contributed by atoms with Gasteiger partial charge in [0.1, 0.15) is 5.82 Å². The number of nitrogens with one attached hydrogen (secondary N) is 2. The molecule has 128 valence electrons. The molecule has 2 N–H and O–H groups in total. The van der Waals surface area contributed by atoms with Crippen LogP contribution in [-0.4, -0.2) is 78.1 Å². The van der Waals surface area contributed by atoms with Crippen LogP contribution in [0.25, 0.3) is 11.3 Å². The first-order valence-electron chi connectivity index (χ1n) is 8.36. The molecule has 0 saturated carbocycles. The van der Waals surface area contributed by atoms with Crippen LogP contribution in [0, 0.1) is 0 Å². The van der Waals surface area contributed by atoms with Crippen molar-refractivity contribution in [2.45, 2.75) is 0 Å². The van der Waals surface area contributed by atoms with E-state index in [1.165, 1.54) is 0 Å². The molecule has 1 aliphatic heterocycles. The number of hydrogen-bond acceptors (Lipinski definition) is 7. The fourth-order valence-electron chi connectivity index (χ4n) is 2.73. The number of rotatable bonds is 6. The van der Waals surface area contributed by atoms with Gasteiger partial charge in [0, 0.05) is 70.3 Å². The summed E-state index contributed by atoms with van der Waals surface area (Å²) in [4.78, 5) is 17.9. The molecule has 0 spiro atoms. The van der Waals surface area contributed by atoms with Gasteiger partial charge in [-0.15, -0.1) is 0 Å². The molecule has 1 fully saturated rings. The van der Waals surface area contributed by atoms with E-state index in [0.29, 0.717) is 5.95 Å². The van der Waals surface area contributed by atoms with Crippen LogP contribution in [0.4, 0.5) is 11.8 Å². The Morgan fingerprint density at radius 1 is 1.08 bits per heavy atom. The molecule has 0 aromatic carbocycles. The molecule has 3 heterocycles. The number of nitrogens with zero attached hydrogens (tertiary/aromatic N) is 5. The van der Waals surface area contributed by atoms with Crippen molar-refractivity contribution in [3.63, 3.8) is 0 Å². The largest absolute Gasteiger partial charge is 0.369 e. The van der Waals surface area contributed by atoms with Gasteiger partial charge in [0.25, 0.3) is 0 Å². The summed E-state index contributed by atoms with van der Waals surface area (Å²) in [5.74, 6) is 1.46. The molecular weight excluding hydrogens is 302 g/mol. The van der Waals surface area contributed by atoms with Crippen molar-refractivity contribution in [1.82, 2.24) is 24.8 Å². The highest BCUT2D eigenvalue weighted by Crippen LogP contribution is 2.20. The van der Waals surface area contributed by atoms with Gasteiger partial charge in [0.15, 0.2) is 0 Å². The van der Waals surface area contributed by atoms with Crippen LogP contribution in [0.5, 0.6) is 0 Å².